The molecule has 0 unspecified atom stereocenters. The van der Waals surface area contributed by atoms with Crippen molar-refractivity contribution in [1.82, 2.24) is 0 Å². The van der Waals surface area contributed by atoms with Gasteiger partial charge in [0.1, 0.15) is 11.5 Å². The Morgan fingerprint density at radius 1 is 0.815 bits per heavy atom. The highest BCUT2D eigenvalue weighted by atomic mass is 16.5. The molecule has 0 fully saturated rings. The minimum atomic E-state index is -0.453. The molecule has 0 aliphatic rings. The van der Waals surface area contributed by atoms with Crippen molar-refractivity contribution in [3.63, 3.8) is 0 Å². The van der Waals surface area contributed by atoms with Crippen molar-refractivity contribution in [2.24, 2.45) is 11.1 Å². The Kier molecular flexibility index (Phi) is 5.79. The van der Waals surface area contributed by atoms with Gasteiger partial charge in [0, 0.05) is 18.1 Å². The van der Waals surface area contributed by atoms with Crippen LogP contribution < -0.4 is 15.2 Å². The van der Waals surface area contributed by atoms with Crippen molar-refractivity contribution in [2.45, 2.75) is 19.9 Å². The molecular weight excluding hydrogens is 338 g/mol. The van der Waals surface area contributed by atoms with Crippen LogP contribution in [-0.2, 0) is 0 Å². The van der Waals surface area contributed by atoms with E-state index in [1.807, 2.05) is 92.7 Å². The second-order valence-corrected chi connectivity index (χ2v) is 7.16. The first-order chi connectivity index (χ1) is 13.0. The van der Waals surface area contributed by atoms with E-state index in [1.165, 1.54) is 0 Å². The summed E-state index contributed by atoms with van der Waals surface area (Å²) in [6.45, 7) is 3.86. The van der Waals surface area contributed by atoms with Gasteiger partial charge in [0.2, 0.25) is 0 Å². The molecular formula is C23H25NO3. The Balaban J connectivity index is 1.97. The fraction of sp³-hybridized carbons (Fsp3) is 0.217. The predicted molar refractivity (Wildman–Crippen MR) is 107 cm³/mol. The minimum absolute atomic E-state index is 0.00862. The average Bonchev–Trinajstić information content (AvgIpc) is 2.70. The topological polar surface area (TPSA) is 64.7 Å². The molecule has 0 aromatic heterocycles. The lowest BCUT2D eigenvalue weighted by Gasteiger charge is -2.30. The van der Waals surface area contributed by atoms with Gasteiger partial charge < -0.3 is 20.3 Å². The molecule has 0 heterocycles. The maximum Gasteiger partial charge on any atom is 0.170 e. The van der Waals surface area contributed by atoms with Crippen molar-refractivity contribution in [3.8, 4) is 23.0 Å². The van der Waals surface area contributed by atoms with Crippen LogP contribution >= 0.6 is 0 Å². The maximum absolute atomic E-state index is 9.64. The molecule has 0 saturated heterocycles. The second kappa shape index (κ2) is 8.25. The Labute approximate surface area is 160 Å². The predicted octanol–water partition coefficient (Wildman–Crippen LogP) is 5.29. The normalized spacial score (nSPS) is 12.4. The average molecular weight is 363 g/mol. The Hall–Kier alpha value is -2.82. The molecule has 27 heavy (non-hydrogen) atoms. The van der Waals surface area contributed by atoms with E-state index in [0.29, 0.717) is 17.2 Å². The van der Waals surface area contributed by atoms with Crippen LogP contribution in [0, 0.1) is 5.41 Å². The summed E-state index contributed by atoms with van der Waals surface area (Å²) >= 11 is 0. The molecule has 3 aromatic carbocycles. The molecule has 0 saturated carbocycles. The van der Waals surface area contributed by atoms with Crippen molar-refractivity contribution < 1.29 is 14.6 Å². The fourth-order valence-electron chi connectivity index (χ4n) is 2.66. The number of hydrogen-bond donors (Lipinski definition) is 2. The number of aliphatic hydroxyl groups excluding tert-OH is 1. The number of hydrogen-bond acceptors (Lipinski definition) is 4. The number of rotatable bonds is 7. The molecule has 0 radical (unpaired) electrons. The number of benzene rings is 3. The lowest BCUT2D eigenvalue weighted by Crippen LogP contribution is -2.32. The van der Waals surface area contributed by atoms with Crippen LogP contribution in [0.5, 0.6) is 23.0 Å². The first-order valence-corrected chi connectivity index (χ1v) is 8.96. The standard InChI is InChI=1S/C23H25NO3/c1-23(2,16-25)22(24)17-13-14-20(26-18-9-5-3-6-10-18)21(15-17)27-19-11-7-4-8-12-19/h3-15,22,25H,16,24H2,1-2H3/t22-/m1/s1. The monoisotopic (exact) mass is 363 g/mol. The first kappa shape index (κ1) is 19.0. The molecule has 4 nitrogen and oxygen atoms in total. The molecule has 0 spiro atoms. The van der Waals surface area contributed by atoms with Gasteiger partial charge in [-0.3, -0.25) is 0 Å². The summed E-state index contributed by atoms with van der Waals surface area (Å²) in [5, 5.41) is 9.64. The van der Waals surface area contributed by atoms with Crippen molar-refractivity contribution in [2.75, 3.05) is 6.61 Å². The molecule has 0 aliphatic carbocycles. The molecule has 1 atom stereocenters. The molecule has 0 bridgehead atoms. The van der Waals surface area contributed by atoms with E-state index in [9.17, 15) is 5.11 Å². The van der Waals surface area contributed by atoms with Crippen molar-refractivity contribution in [3.05, 3.63) is 84.4 Å². The Morgan fingerprint density at radius 3 is 1.85 bits per heavy atom. The summed E-state index contributed by atoms with van der Waals surface area (Å²) in [6.07, 6.45) is 0. The summed E-state index contributed by atoms with van der Waals surface area (Å²) in [5.74, 6) is 2.61. The molecule has 0 aliphatic heterocycles. The molecule has 3 N–H and O–H groups in total. The van der Waals surface area contributed by atoms with Gasteiger partial charge in [0.05, 0.1) is 0 Å². The third-order valence-electron chi connectivity index (χ3n) is 4.52. The zero-order valence-corrected chi connectivity index (χ0v) is 15.6. The molecule has 3 aromatic rings. The smallest absolute Gasteiger partial charge is 0.170 e. The van der Waals surface area contributed by atoms with Crippen LogP contribution in [0.15, 0.2) is 78.9 Å². The van der Waals surface area contributed by atoms with Gasteiger partial charge >= 0.3 is 0 Å². The first-order valence-electron chi connectivity index (χ1n) is 8.96. The minimum Gasteiger partial charge on any atom is -0.453 e. The van der Waals surface area contributed by atoms with Gasteiger partial charge in [-0.2, -0.15) is 0 Å². The maximum atomic E-state index is 9.64. The van der Waals surface area contributed by atoms with E-state index in [0.717, 1.165) is 11.3 Å². The van der Waals surface area contributed by atoms with Gasteiger partial charge in [-0.15, -0.1) is 0 Å². The van der Waals surface area contributed by atoms with Gasteiger partial charge in [-0.25, -0.2) is 0 Å². The van der Waals surface area contributed by atoms with E-state index < -0.39 is 5.41 Å². The highest BCUT2D eigenvalue weighted by Gasteiger charge is 2.28. The SMILES string of the molecule is CC(C)(CO)[C@H](N)c1ccc(Oc2ccccc2)c(Oc2ccccc2)c1. The summed E-state index contributed by atoms with van der Waals surface area (Å²) in [5.41, 5.74) is 6.81. The van der Waals surface area contributed by atoms with Crippen LogP contribution in [-0.4, -0.2) is 11.7 Å². The Bertz CT molecular complexity index is 863. The van der Waals surface area contributed by atoms with Gasteiger partial charge in [0.25, 0.3) is 0 Å². The van der Waals surface area contributed by atoms with Gasteiger partial charge in [-0.05, 0) is 42.0 Å². The van der Waals surface area contributed by atoms with Crippen molar-refractivity contribution in [1.29, 1.82) is 0 Å². The van der Waals surface area contributed by atoms with Gasteiger partial charge in [-0.1, -0.05) is 56.3 Å². The van der Waals surface area contributed by atoms with Crippen LogP contribution in [0.2, 0.25) is 0 Å². The highest BCUT2D eigenvalue weighted by molar-refractivity contribution is 5.48. The van der Waals surface area contributed by atoms with Crippen LogP contribution in [0.4, 0.5) is 0 Å². The number of para-hydroxylation sites is 2. The number of aliphatic hydroxyl groups is 1. The van der Waals surface area contributed by atoms with Gasteiger partial charge in [0.15, 0.2) is 11.5 Å². The molecule has 3 rings (SSSR count). The largest absolute Gasteiger partial charge is 0.453 e. The summed E-state index contributed by atoms with van der Waals surface area (Å²) < 4.78 is 12.1. The lowest BCUT2D eigenvalue weighted by atomic mass is 9.82. The molecule has 4 heteroatoms. The van der Waals surface area contributed by atoms with E-state index in [-0.39, 0.29) is 12.6 Å². The van der Waals surface area contributed by atoms with Crippen molar-refractivity contribution >= 4 is 0 Å². The number of nitrogens with two attached hydrogens (primary N) is 1. The van der Waals surface area contributed by atoms with E-state index in [1.54, 1.807) is 0 Å². The van der Waals surface area contributed by atoms with E-state index >= 15 is 0 Å². The zero-order chi connectivity index (χ0) is 19.3. The second-order valence-electron chi connectivity index (χ2n) is 7.16. The summed E-state index contributed by atoms with van der Waals surface area (Å²) in [4.78, 5) is 0. The van der Waals surface area contributed by atoms with E-state index in [4.69, 9.17) is 15.2 Å². The van der Waals surface area contributed by atoms with E-state index in [2.05, 4.69) is 0 Å². The lowest BCUT2D eigenvalue weighted by molar-refractivity contribution is 0.132. The summed E-state index contributed by atoms with van der Waals surface area (Å²) in [6, 6.07) is 24.4. The third kappa shape index (κ3) is 4.67. The third-order valence-corrected chi connectivity index (χ3v) is 4.52. The highest BCUT2D eigenvalue weighted by Crippen LogP contribution is 2.39. The zero-order valence-electron chi connectivity index (χ0n) is 15.6. The Morgan fingerprint density at radius 2 is 1.33 bits per heavy atom. The van der Waals surface area contributed by atoms with Crippen LogP contribution in [0.3, 0.4) is 0 Å². The number of ether oxygens (including phenoxy) is 2. The summed E-state index contributed by atoms with van der Waals surface area (Å²) in [7, 11) is 0. The quantitative estimate of drug-likeness (QED) is 0.599. The molecule has 0 amide bonds. The fourth-order valence-corrected chi connectivity index (χ4v) is 2.66. The van der Waals surface area contributed by atoms with Crippen LogP contribution in [0.1, 0.15) is 25.5 Å². The molecule has 140 valence electrons. The van der Waals surface area contributed by atoms with Crippen LogP contribution in [0.25, 0.3) is 0 Å².